The molecule has 0 spiro atoms. The number of nitrogen functional groups attached to an aromatic ring is 1. The van der Waals surface area contributed by atoms with Crippen LogP contribution in [0.4, 0.5) is 5.69 Å². The van der Waals surface area contributed by atoms with E-state index in [1.54, 1.807) is 10.9 Å². The van der Waals surface area contributed by atoms with Gasteiger partial charge in [0.1, 0.15) is 0 Å². The summed E-state index contributed by atoms with van der Waals surface area (Å²) in [5.41, 5.74) is 8.55. The van der Waals surface area contributed by atoms with Gasteiger partial charge in [0.25, 0.3) is 0 Å². The molecule has 14 heavy (non-hydrogen) atoms. The first-order valence-corrected chi connectivity index (χ1v) is 4.68. The maximum atomic E-state index is 5.91. The van der Waals surface area contributed by atoms with Crippen LogP contribution in [-0.2, 0) is 7.05 Å². The molecule has 0 radical (unpaired) electrons. The quantitative estimate of drug-likeness (QED) is 0.744. The average molecular weight is 190 g/mol. The van der Waals surface area contributed by atoms with Crippen molar-refractivity contribution in [3.8, 4) is 0 Å². The van der Waals surface area contributed by atoms with E-state index >= 15 is 0 Å². The Morgan fingerprint density at radius 3 is 2.79 bits per heavy atom. The van der Waals surface area contributed by atoms with E-state index in [9.17, 15) is 0 Å². The molecule has 0 bridgehead atoms. The van der Waals surface area contributed by atoms with E-state index in [1.165, 1.54) is 0 Å². The van der Waals surface area contributed by atoms with E-state index in [2.05, 4.69) is 23.9 Å². The summed E-state index contributed by atoms with van der Waals surface area (Å²) >= 11 is 0. The van der Waals surface area contributed by atoms with Crippen molar-refractivity contribution < 1.29 is 0 Å². The van der Waals surface area contributed by atoms with Crippen LogP contribution in [0.2, 0.25) is 0 Å². The second-order valence-corrected chi connectivity index (χ2v) is 3.76. The van der Waals surface area contributed by atoms with Gasteiger partial charge in [-0.05, 0) is 12.0 Å². The van der Waals surface area contributed by atoms with Crippen LogP contribution in [0, 0.1) is 0 Å². The van der Waals surface area contributed by atoms with E-state index < -0.39 is 0 Å². The van der Waals surface area contributed by atoms with Gasteiger partial charge in [-0.3, -0.25) is 4.68 Å². The maximum Gasteiger partial charge on any atom is 0.159 e. The Morgan fingerprint density at radius 1 is 1.43 bits per heavy atom. The fraction of sp³-hybridized carbons (Fsp3) is 0.400. The number of fused-ring (bicyclic) bond motifs is 1. The summed E-state index contributed by atoms with van der Waals surface area (Å²) in [6.45, 7) is 4.21. The predicted octanol–water partition coefficient (Wildman–Crippen LogP) is 1.67. The molecule has 2 rings (SSSR count). The molecule has 0 aliphatic rings. The summed E-state index contributed by atoms with van der Waals surface area (Å²) in [5.74, 6) is 0.366. The van der Waals surface area contributed by atoms with Gasteiger partial charge in [-0.1, -0.05) is 13.8 Å². The van der Waals surface area contributed by atoms with Gasteiger partial charge in [0.05, 0.1) is 11.1 Å². The number of nitrogens with zero attached hydrogens (tertiary/aromatic N) is 3. The van der Waals surface area contributed by atoms with Gasteiger partial charge in [0.15, 0.2) is 5.65 Å². The number of anilines is 1. The van der Waals surface area contributed by atoms with Crippen LogP contribution in [-0.4, -0.2) is 14.8 Å². The first-order chi connectivity index (χ1) is 6.61. The molecule has 0 saturated carbocycles. The Balaban J connectivity index is 2.86. The zero-order chi connectivity index (χ0) is 10.3. The number of rotatable bonds is 1. The zero-order valence-electron chi connectivity index (χ0n) is 8.65. The third-order valence-electron chi connectivity index (χ3n) is 2.33. The monoisotopic (exact) mass is 190 g/mol. The topological polar surface area (TPSA) is 56.7 Å². The summed E-state index contributed by atoms with van der Waals surface area (Å²) in [6.07, 6.45) is 1.71. The van der Waals surface area contributed by atoms with Crippen molar-refractivity contribution in [2.75, 3.05) is 5.73 Å². The fourth-order valence-corrected chi connectivity index (χ4v) is 1.64. The summed E-state index contributed by atoms with van der Waals surface area (Å²) in [5, 5.41) is 5.42. The smallest absolute Gasteiger partial charge is 0.159 e. The lowest BCUT2D eigenvalue weighted by Crippen LogP contribution is -1.93. The third kappa shape index (κ3) is 1.14. The van der Waals surface area contributed by atoms with E-state index in [-0.39, 0.29) is 0 Å². The molecule has 2 aromatic heterocycles. The van der Waals surface area contributed by atoms with Gasteiger partial charge in [-0.15, -0.1) is 0 Å². The van der Waals surface area contributed by atoms with E-state index in [1.807, 2.05) is 13.1 Å². The molecule has 2 aromatic rings. The summed E-state index contributed by atoms with van der Waals surface area (Å²) in [4.78, 5) is 4.27. The first-order valence-electron chi connectivity index (χ1n) is 4.68. The molecule has 0 fully saturated rings. The molecule has 4 heteroatoms. The number of hydrogen-bond acceptors (Lipinski definition) is 3. The second kappa shape index (κ2) is 2.97. The van der Waals surface area contributed by atoms with Crippen LogP contribution in [0.25, 0.3) is 11.0 Å². The lowest BCUT2D eigenvalue weighted by atomic mass is 10.1. The van der Waals surface area contributed by atoms with Crippen molar-refractivity contribution in [1.29, 1.82) is 0 Å². The van der Waals surface area contributed by atoms with Crippen LogP contribution in [0.5, 0.6) is 0 Å². The molecular weight excluding hydrogens is 176 g/mol. The lowest BCUT2D eigenvalue weighted by Gasteiger charge is -2.01. The second-order valence-electron chi connectivity index (χ2n) is 3.76. The molecule has 0 amide bonds. The number of hydrogen-bond donors (Lipinski definition) is 1. The van der Waals surface area contributed by atoms with Crippen LogP contribution in [0.3, 0.4) is 0 Å². The zero-order valence-corrected chi connectivity index (χ0v) is 8.65. The van der Waals surface area contributed by atoms with Crippen LogP contribution >= 0.6 is 0 Å². The first kappa shape index (κ1) is 8.99. The van der Waals surface area contributed by atoms with E-state index in [4.69, 9.17) is 5.73 Å². The van der Waals surface area contributed by atoms with Gasteiger partial charge in [-0.2, -0.15) is 5.10 Å². The van der Waals surface area contributed by atoms with E-state index in [0.29, 0.717) is 5.92 Å². The molecule has 0 atom stereocenters. The summed E-state index contributed by atoms with van der Waals surface area (Å²) in [6, 6.07) is 1.82. The number of nitrogens with two attached hydrogens (primary N) is 1. The standard InChI is InChI=1S/C10H14N4/c1-6(2)9-8-7(11)4-5-12-10(8)14(3)13-9/h4-6H,1-3H3,(H2,11,12). The Morgan fingerprint density at radius 2 is 2.14 bits per heavy atom. The molecule has 2 N–H and O–H groups in total. The highest BCUT2D eigenvalue weighted by Crippen LogP contribution is 2.27. The number of aryl methyl sites for hydroxylation is 1. The molecule has 0 aliphatic heterocycles. The highest BCUT2D eigenvalue weighted by Gasteiger charge is 2.14. The highest BCUT2D eigenvalue weighted by molar-refractivity contribution is 5.90. The molecule has 0 aromatic carbocycles. The molecule has 0 saturated heterocycles. The van der Waals surface area contributed by atoms with Gasteiger partial charge >= 0.3 is 0 Å². The average Bonchev–Trinajstić information content (AvgIpc) is 2.46. The molecule has 0 aliphatic carbocycles. The van der Waals surface area contributed by atoms with Gasteiger partial charge < -0.3 is 5.73 Å². The van der Waals surface area contributed by atoms with Crippen LogP contribution < -0.4 is 5.73 Å². The van der Waals surface area contributed by atoms with Crippen molar-refractivity contribution in [3.05, 3.63) is 18.0 Å². The Labute approximate surface area is 82.7 Å². The fourth-order valence-electron chi connectivity index (χ4n) is 1.64. The van der Waals surface area contributed by atoms with Crippen molar-refractivity contribution in [1.82, 2.24) is 14.8 Å². The number of aromatic nitrogens is 3. The van der Waals surface area contributed by atoms with Gasteiger partial charge in [-0.25, -0.2) is 4.98 Å². The van der Waals surface area contributed by atoms with Crippen LogP contribution in [0.1, 0.15) is 25.5 Å². The normalized spacial score (nSPS) is 11.4. The summed E-state index contributed by atoms with van der Waals surface area (Å²) in [7, 11) is 1.89. The Bertz CT molecular complexity index is 470. The van der Waals surface area contributed by atoms with Crippen molar-refractivity contribution in [2.45, 2.75) is 19.8 Å². The minimum atomic E-state index is 0.366. The minimum Gasteiger partial charge on any atom is -0.398 e. The Hall–Kier alpha value is -1.58. The van der Waals surface area contributed by atoms with E-state index in [0.717, 1.165) is 22.4 Å². The van der Waals surface area contributed by atoms with Crippen LogP contribution in [0.15, 0.2) is 12.3 Å². The third-order valence-corrected chi connectivity index (χ3v) is 2.33. The minimum absolute atomic E-state index is 0.366. The largest absolute Gasteiger partial charge is 0.398 e. The predicted molar refractivity (Wildman–Crippen MR) is 57.0 cm³/mol. The van der Waals surface area contributed by atoms with Gasteiger partial charge in [0, 0.05) is 18.9 Å². The van der Waals surface area contributed by atoms with Gasteiger partial charge in [0.2, 0.25) is 0 Å². The van der Waals surface area contributed by atoms with Crippen molar-refractivity contribution in [3.63, 3.8) is 0 Å². The summed E-state index contributed by atoms with van der Waals surface area (Å²) < 4.78 is 1.78. The SMILES string of the molecule is CC(C)c1nn(C)c2nccc(N)c12. The molecule has 0 unspecified atom stereocenters. The molecule has 4 nitrogen and oxygen atoms in total. The maximum absolute atomic E-state index is 5.91. The molecular formula is C10H14N4. The van der Waals surface area contributed by atoms with Crippen molar-refractivity contribution in [2.24, 2.45) is 7.05 Å². The number of pyridine rings is 1. The lowest BCUT2D eigenvalue weighted by molar-refractivity contribution is 0.724. The molecule has 74 valence electrons. The Kier molecular flexibility index (Phi) is 1.91. The highest BCUT2D eigenvalue weighted by atomic mass is 15.3. The van der Waals surface area contributed by atoms with Crippen molar-refractivity contribution >= 4 is 16.7 Å². The molecule has 2 heterocycles.